The van der Waals surface area contributed by atoms with Crippen LogP contribution in [0.4, 0.5) is 18.0 Å². The Hall–Kier alpha value is -2.28. The molecule has 172 valence electrons. The number of benzene rings is 1. The van der Waals surface area contributed by atoms with E-state index in [0.717, 1.165) is 16.4 Å². The molecule has 1 unspecified atom stereocenters. The quantitative estimate of drug-likeness (QED) is 0.535. The van der Waals surface area contributed by atoms with Crippen molar-refractivity contribution in [1.82, 2.24) is 9.62 Å². The lowest BCUT2D eigenvalue weighted by atomic mass is 9.91. The Labute approximate surface area is 178 Å². The minimum Gasteiger partial charge on any atom is -0.465 e. The summed E-state index contributed by atoms with van der Waals surface area (Å²) >= 11 is 0. The SMILES string of the molecule is CN1C(NC(=O)O)=NC(C)(c2cc(C=C(F)C3CCOCC3)cc(F)c2F)CS1(O)O. The van der Waals surface area contributed by atoms with Crippen LogP contribution in [0.2, 0.25) is 0 Å². The van der Waals surface area contributed by atoms with Gasteiger partial charge in [-0.2, -0.15) is 0 Å². The van der Waals surface area contributed by atoms with Crippen molar-refractivity contribution in [2.75, 3.05) is 26.0 Å². The van der Waals surface area contributed by atoms with Gasteiger partial charge < -0.3 is 9.84 Å². The van der Waals surface area contributed by atoms with E-state index in [1.165, 1.54) is 20.0 Å². The highest BCUT2D eigenvalue weighted by Crippen LogP contribution is 2.52. The summed E-state index contributed by atoms with van der Waals surface area (Å²) < 4.78 is 70.7. The number of carboxylic acid groups (broad SMARTS) is 1. The number of halogens is 3. The summed E-state index contributed by atoms with van der Waals surface area (Å²) in [5.74, 6) is -4.38. The third kappa shape index (κ3) is 4.97. The fourth-order valence-corrected chi connectivity index (χ4v) is 5.16. The minimum absolute atomic E-state index is 0.0393. The summed E-state index contributed by atoms with van der Waals surface area (Å²) in [6, 6.07) is 2.02. The molecule has 3 rings (SSSR count). The number of hydrogen-bond donors (Lipinski definition) is 4. The number of carbonyl (C=O) groups is 1. The fraction of sp³-hybridized carbons (Fsp3) is 0.474. The minimum atomic E-state index is -3.61. The molecule has 1 aromatic rings. The molecule has 12 heteroatoms. The summed E-state index contributed by atoms with van der Waals surface area (Å²) in [5, 5.41) is 10.9. The number of amides is 1. The van der Waals surface area contributed by atoms with Crippen LogP contribution in [0.5, 0.6) is 0 Å². The number of allylic oxidation sites excluding steroid dienone is 1. The lowest BCUT2D eigenvalue weighted by Crippen LogP contribution is -2.51. The van der Waals surface area contributed by atoms with E-state index in [9.17, 15) is 27.1 Å². The highest BCUT2D eigenvalue weighted by Gasteiger charge is 2.43. The van der Waals surface area contributed by atoms with E-state index in [2.05, 4.69) is 4.99 Å². The molecule has 2 heterocycles. The van der Waals surface area contributed by atoms with E-state index >= 15 is 0 Å². The Morgan fingerprint density at radius 2 is 2.00 bits per heavy atom. The maximum Gasteiger partial charge on any atom is 0.411 e. The second kappa shape index (κ2) is 8.69. The number of nitrogens with one attached hydrogen (secondary N) is 1. The standard InChI is InChI=1S/C19H24F3N3O5S/c1-19(10-31(28,29)25(2)17(24-19)23-18(26)27)13-7-11(9-15(21)16(13)22)8-14(20)12-3-5-30-6-4-12/h7-9,12,28-29H,3-6,10H2,1-2H3,(H,23,24)(H,26,27). The number of aliphatic imine (C=N–C) groups is 1. The van der Waals surface area contributed by atoms with Gasteiger partial charge in [0.05, 0.1) is 5.75 Å². The average Bonchev–Trinajstić information content (AvgIpc) is 2.68. The maximum absolute atomic E-state index is 14.8. The van der Waals surface area contributed by atoms with Gasteiger partial charge in [0.2, 0.25) is 5.96 Å². The lowest BCUT2D eigenvalue weighted by Gasteiger charge is -2.49. The summed E-state index contributed by atoms with van der Waals surface area (Å²) in [6.45, 7) is 2.14. The molecule has 0 bridgehead atoms. The van der Waals surface area contributed by atoms with Crippen LogP contribution in [-0.4, -0.2) is 56.6 Å². The monoisotopic (exact) mass is 463 g/mol. The van der Waals surface area contributed by atoms with E-state index in [1.54, 1.807) is 0 Å². The molecule has 2 aliphatic heterocycles. The van der Waals surface area contributed by atoms with Gasteiger partial charge in [-0.05, 0) is 43.5 Å². The van der Waals surface area contributed by atoms with Crippen molar-refractivity contribution in [3.8, 4) is 0 Å². The Morgan fingerprint density at radius 3 is 2.61 bits per heavy atom. The molecule has 8 nitrogen and oxygen atoms in total. The van der Waals surface area contributed by atoms with Gasteiger partial charge in [-0.15, -0.1) is 10.8 Å². The molecule has 1 amide bonds. The second-order valence-corrected chi connectivity index (χ2v) is 9.79. The lowest BCUT2D eigenvalue weighted by molar-refractivity contribution is 0.0705. The first-order chi connectivity index (χ1) is 14.4. The zero-order valence-electron chi connectivity index (χ0n) is 16.9. The highest BCUT2D eigenvalue weighted by atomic mass is 32.3. The van der Waals surface area contributed by atoms with Crippen molar-refractivity contribution in [3.63, 3.8) is 0 Å². The smallest absolute Gasteiger partial charge is 0.411 e. The number of rotatable bonds is 3. The normalized spacial score (nSPS) is 25.7. The average molecular weight is 463 g/mol. The van der Waals surface area contributed by atoms with Crippen LogP contribution in [0.1, 0.15) is 30.9 Å². The van der Waals surface area contributed by atoms with Crippen LogP contribution < -0.4 is 5.32 Å². The van der Waals surface area contributed by atoms with E-state index < -0.39 is 51.6 Å². The molecular formula is C19H24F3N3O5S. The first-order valence-electron chi connectivity index (χ1n) is 9.47. The molecule has 0 saturated carbocycles. The van der Waals surface area contributed by atoms with E-state index in [1.807, 2.05) is 5.32 Å². The van der Waals surface area contributed by atoms with E-state index in [4.69, 9.17) is 9.84 Å². The summed E-state index contributed by atoms with van der Waals surface area (Å²) in [4.78, 5) is 15.2. The van der Waals surface area contributed by atoms with Gasteiger partial charge in [-0.25, -0.2) is 27.3 Å². The zero-order chi connectivity index (χ0) is 23.0. The van der Waals surface area contributed by atoms with Crippen molar-refractivity contribution in [1.29, 1.82) is 0 Å². The van der Waals surface area contributed by atoms with Crippen LogP contribution in [0.25, 0.3) is 6.08 Å². The molecule has 1 saturated heterocycles. The maximum atomic E-state index is 14.8. The molecule has 0 aromatic heterocycles. The predicted molar refractivity (Wildman–Crippen MR) is 110 cm³/mol. The molecule has 0 spiro atoms. The van der Waals surface area contributed by atoms with Gasteiger partial charge in [-0.3, -0.25) is 14.4 Å². The van der Waals surface area contributed by atoms with Gasteiger partial charge in [0.15, 0.2) is 11.6 Å². The van der Waals surface area contributed by atoms with Crippen molar-refractivity contribution >= 4 is 28.9 Å². The molecule has 1 fully saturated rings. The van der Waals surface area contributed by atoms with Crippen molar-refractivity contribution in [2.45, 2.75) is 25.3 Å². The molecule has 0 radical (unpaired) electrons. The van der Waals surface area contributed by atoms with Crippen molar-refractivity contribution < 1.29 is 36.9 Å². The summed E-state index contributed by atoms with van der Waals surface area (Å²) in [7, 11) is -2.40. The van der Waals surface area contributed by atoms with Gasteiger partial charge in [-0.1, -0.05) is 0 Å². The van der Waals surface area contributed by atoms with Gasteiger partial charge in [0, 0.05) is 31.7 Å². The van der Waals surface area contributed by atoms with Crippen LogP contribution in [0.15, 0.2) is 23.0 Å². The molecular weight excluding hydrogens is 439 g/mol. The topological polar surface area (TPSA) is 115 Å². The molecule has 4 N–H and O–H groups in total. The first-order valence-corrected chi connectivity index (χ1v) is 11.1. The summed E-state index contributed by atoms with van der Waals surface area (Å²) in [5.41, 5.74) is -2.04. The number of nitrogens with zero attached hydrogens (tertiary/aromatic N) is 2. The zero-order valence-corrected chi connectivity index (χ0v) is 17.8. The molecule has 2 aliphatic rings. The van der Waals surface area contributed by atoms with Gasteiger partial charge in [0.1, 0.15) is 11.4 Å². The van der Waals surface area contributed by atoms with Crippen LogP contribution in [0, 0.1) is 17.6 Å². The number of guanidine groups is 1. The highest BCUT2D eigenvalue weighted by molar-refractivity contribution is 8.22. The van der Waals surface area contributed by atoms with Crippen molar-refractivity contribution in [2.24, 2.45) is 10.9 Å². The fourth-order valence-electron chi connectivity index (χ4n) is 3.62. The predicted octanol–water partition coefficient (Wildman–Crippen LogP) is 4.15. The Balaban J connectivity index is 2.06. The Bertz CT molecular complexity index is 937. The van der Waals surface area contributed by atoms with Gasteiger partial charge >= 0.3 is 6.09 Å². The van der Waals surface area contributed by atoms with Gasteiger partial charge in [0.25, 0.3) is 0 Å². The largest absolute Gasteiger partial charge is 0.465 e. The van der Waals surface area contributed by atoms with Crippen LogP contribution >= 0.6 is 10.8 Å². The third-order valence-corrected chi connectivity index (χ3v) is 7.33. The Morgan fingerprint density at radius 1 is 1.35 bits per heavy atom. The number of ether oxygens (including phenoxy) is 1. The molecule has 1 atom stereocenters. The molecule has 31 heavy (non-hydrogen) atoms. The Kier molecular flexibility index (Phi) is 6.56. The van der Waals surface area contributed by atoms with E-state index in [-0.39, 0.29) is 17.0 Å². The van der Waals surface area contributed by atoms with Crippen LogP contribution in [-0.2, 0) is 10.3 Å². The second-order valence-electron chi connectivity index (χ2n) is 7.69. The number of hydrogen-bond acceptors (Lipinski definition) is 6. The third-order valence-electron chi connectivity index (χ3n) is 5.33. The molecule has 1 aromatic carbocycles. The van der Waals surface area contributed by atoms with E-state index in [0.29, 0.717) is 26.1 Å². The molecule has 0 aliphatic carbocycles. The van der Waals surface area contributed by atoms with Crippen LogP contribution in [0.3, 0.4) is 0 Å². The summed E-state index contributed by atoms with van der Waals surface area (Å²) in [6.07, 6.45) is 0.529. The first kappa shape index (κ1) is 23.4. The van der Waals surface area contributed by atoms with Crippen molar-refractivity contribution in [3.05, 3.63) is 40.7 Å².